The van der Waals surface area contributed by atoms with E-state index in [9.17, 15) is 21.6 Å². The lowest BCUT2D eigenvalue weighted by Crippen LogP contribution is -2.46. The van der Waals surface area contributed by atoms with Gasteiger partial charge in [-0.15, -0.1) is 0 Å². The number of benzene rings is 1. The largest absolute Gasteiger partial charge is 0.360 e. The van der Waals surface area contributed by atoms with Crippen molar-refractivity contribution < 1.29 is 26.2 Å². The number of hydrogen-bond donors (Lipinski definition) is 1. The molecular formula is C20H28N4O6S2. The predicted molar refractivity (Wildman–Crippen MR) is 116 cm³/mol. The molecule has 12 heteroatoms. The number of primary sulfonamides is 1. The van der Waals surface area contributed by atoms with Crippen LogP contribution in [-0.4, -0.2) is 57.2 Å². The van der Waals surface area contributed by atoms with Crippen molar-refractivity contribution in [1.29, 1.82) is 0 Å². The van der Waals surface area contributed by atoms with E-state index in [1.165, 1.54) is 21.3 Å². The van der Waals surface area contributed by atoms with Gasteiger partial charge in [0.2, 0.25) is 26.0 Å². The highest BCUT2D eigenvalue weighted by molar-refractivity contribution is 7.89. The molecule has 0 radical (unpaired) electrons. The molecule has 0 saturated carbocycles. The lowest BCUT2D eigenvalue weighted by Gasteiger charge is -2.35. The van der Waals surface area contributed by atoms with Crippen molar-refractivity contribution in [2.24, 2.45) is 11.1 Å². The van der Waals surface area contributed by atoms with Crippen LogP contribution < -0.4 is 5.14 Å². The van der Waals surface area contributed by atoms with Crippen LogP contribution in [0.15, 0.2) is 38.6 Å². The first-order chi connectivity index (χ1) is 14.8. The number of nitrogens with zero attached hydrogens (tertiary/aromatic N) is 3. The number of piperidine rings is 1. The van der Waals surface area contributed by atoms with Crippen LogP contribution in [0.25, 0.3) is 0 Å². The van der Waals surface area contributed by atoms with Crippen LogP contribution in [0, 0.1) is 19.8 Å². The van der Waals surface area contributed by atoms with E-state index in [1.54, 1.807) is 40.0 Å². The van der Waals surface area contributed by atoms with Gasteiger partial charge in [0.15, 0.2) is 5.76 Å². The Morgan fingerprint density at radius 2 is 1.97 bits per heavy atom. The first-order valence-electron chi connectivity index (χ1n) is 10.2. The molecule has 2 N–H and O–H groups in total. The third-order valence-electron chi connectivity index (χ3n) is 5.90. The van der Waals surface area contributed by atoms with E-state index in [1.807, 2.05) is 0 Å². The van der Waals surface area contributed by atoms with Crippen LogP contribution in [-0.2, 0) is 24.8 Å². The van der Waals surface area contributed by atoms with E-state index < -0.39 is 32.0 Å². The zero-order valence-electron chi connectivity index (χ0n) is 18.5. The maximum absolute atomic E-state index is 13.2. The van der Waals surface area contributed by atoms with Gasteiger partial charge in [-0.05, 0) is 51.3 Å². The van der Waals surface area contributed by atoms with Crippen molar-refractivity contribution >= 4 is 26.0 Å². The number of nitrogens with two attached hydrogens (primary N) is 1. The molecule has 1 saturated heterocycles. The number of sulfonamides is 2. The fraction of sp³-hybridized carbons (Fsp3) is 0.500. The summed E-state index contributed by atoms with van der Waals surface area (Å²) in [6, 6.07) is 5.70. The summed E-state index contributed by atoms with van der Waals surface area (Å²) in [6.45, 7) is 5.26. The zero-order valence-corrected chi connectivity index (χ0v) is 20.1. The Morgan fingerprint density at radius 1 is 1.28 bits per heavy atom. The Balaban J connectivity index is 1.79. The van der Waals surface area contributed by atoms with E-state index in [0.29, 0.717) is 24.9 Å². The molecule has 10 nitrogen and oxygen atoms in total. The van der Waals surface area contributed by atoms with Gasteiger partial charge in [0.05, 0.1) is 16.9 Å². The second-order valence-corrected chi connectivity index (χ2v) is 11.5. The highest BCUT2D eigenvalue weighted by Crippen LogP contribution is 2.30. The van der Waals surface area contributed by atoms with Crippen LogP contribution in [0.3, 0.4) is 0 Å². The fourth-order valence-corrected chi connectivity index (χ4v) is 6.37. The lowest BCUT2D eigenvalue weighted by atomic mass is 9.97. The lowest BCUT2D eigenvalue weighted by molar-refractivity contribution is -0.137. The molecular weight excluding hydrogens is 456 g/mol. The fourth-order valence-electron chi connectivity index (χ4n) is 3.99. The van der Waals surface area contributed by atoms with Crippen LogP contribution in [0.1, 0.15) is 42.8 Å². The summed E-state index contributed by atoms with van der Waals surface area (Å²) in [5, 5.41) is 8.95. The van der Waals surface area contributed by atoms with Crippen molar-refractivity contribution in [1.82, 2.24) is 14.4 Å². The van der Waals surface area contributed by atoms with Gasteiger partial charge in [-0.3, -0.25) is 4.79 Å². The van der Waals surface area contributed by atoms with Crippen molar-refractivity contribution in [3.63, 3.8) is 0 Å². The third kappa shape index (κ3) is 4.72. The molecule has 1 amide bonds. The molecule has 2 atom stereocenters. The monoisotopic (exact) mass is 484 g/mol. The molecule has 176 valence electrons. The number of carbonyl (C=O) groups is 1. The highest BCUT2D eigenvalue weighted by atomic mass is 32.2. The van der Waals surface area contributed by atoms with E-state index in [2.05, 4.69) is 5.16 Å². The Labute approximate surface area is 188 Å². The number of amides is 1. The molecule has 1 aromatic heterocycles. The molecule has 0 spiro atoms. The van der Waals surface area contributed by atoms with Crippen molar-refractivity contribution in [2.75, 3.05) is 20.1 Å². The number of rotatable bonds is 6. The average Bonchev–Trinajstić information content (AvgIpc) is 3.10. The van der Waals surface area contributed by atoms with Crippen molar-refractivity contribution in [3.8, 4) is 0 Å². The van der Waals surface area contributed by atoms with Gasteiger partial charge in [0.25, 0.3) is 0 Å². The van der Waals surface area contributed by atoms with Crippen LogP contribution >= 0.6 is 0 Å². The smallest absolute Gasteiger partial charge is 0.248 e. The highest BCUT2D eigenvalue weighted by Gasteiger charge is 2.37. The van der Waals surface area contributed by atoms with Gasteiger partial charge in [-0.25, -0.2) is 22.0 Å². The molecule has 3 rings (SSSR count). The van der Waals surface area contributed by atoms with Crippen LogP contribution in [0.2, 0.25) is 0 Å². The molecule has 32 heavy (non-hydrogen) atoms. The number of carbonyl (C=O) groups excluding carboxylic acids is 1. The van der Waals surface area contributed by atoms with E-state index in [0.717, 1.165) is 0 Å². The Hall–Kier alpha value is -2.28. The maximum Gasteiger partial charge on any atom is 0.248 e. The predicted octanol–water partition coefficient (Wildman–Crippen LogP) is 1.56. The summed E-state index contributed by atoms with van der Waals surface area (Å²) in [5.74, 6) is -0.513. The molecule has 2 unspecified atom stereocenters. The summed E-state index contributed by atoms with van der Waals surface area (Å²) in [6.07, 6.45) is 1.10. The van der Waals surface area contributed by atoms with E-state index in [-0.39, 0.29) is 33.7 Å². The minimum Gasteiger partial charge on any atom is -0.360 e. The molecule has 0 aliphatic carbocycles. The summed E-state index contributed by atoms with van der Waals surface area (Å²) in [7, 11) is -6.08. The Morgan fingerprint density at radius 3 is 2.56 bits per heavy atom. The molecule has 2 aromatic rings. The van der Waals surface area contributed by atoms with Gasteiger partial charge in [0.1, 0.15) is 10.6 Å². The first kappa shape index (κ1) is 24.4. The van der Waals surface area contributed by atoms with Gasteiger partial charge >= 0.3 is 0 Å². The molecule has 1 aliphatic rings. The summed E-state index contributed by atoms with van der Waals surface area (Å²) in [4.78, 5) is 14.7. The minimum absolute atomic E-state index is 0.0305. The Kier molecular flexibility index (Phi) is 6.80. The molecule has 1 aromatic carbocycles. The normalized spacial score (nSPS) is 19.0. The van der Waals surface area contributed by atoms with Gasteiger partial charge in [-0.1, -0.05) is 17.3 Å². The quantitative estimate of drug-likeness (QED) is 0.655. The van der Waals surface area contributed by atoms with Gasteiger partial charge in [0, 0.05) is 20.1 Å². The molecule has 1 aliphatic heterocycles. The number of hydrogen-bond acceptors (Lipinski definition) is 7. The first-order valence-corrected chi connectivity index (χ1v) is 13.1. The third-order valence-corrected chi connectivity index (χ3v) is 8.92. The summed E-state index contributed by atoms with van der Waals surface area (Å²) in [5.41, 5.74) is 0.903. The summed E-state index contributed by atoms with van der Waals surface area (Å²) >= 11 is 0. The van der Waals surface area contributed by atoms with Gasteiger partial charge < -0.3 is 9.42 Å². The molecule has 0 bridgehead atoms. The second kappa shape index (κ2) is 8.93. The number of aromatic nitrogens is 1. The van der Waals surface area contributed by atoms with Crippen molar-refractivity contribution in [2.45, 2.75) is 49.4 Å². The Bertz CT molecular complexity index is 1200. The second-order valence-electron chi connectivity index (χ2n) is 8.10. The van der Waals surface area contributed by atoms with Crippen LogP contribution in [0.4, 0.5) is 0 Å². The maximum atomic E-state index is 13.2. The van der Waals surface area contributed by atoms with Gasteiger partial charge in [-0.2, -0.15) is 4.31 Å². The zero-order chi connectivity index (χ0) is 23.8. The molecule has 2 heterocycles. The van der Waals surface area contributed by atoms with E-state index in [4.69, 9.17) is 9.66 Å². The van der Waals surface area contributed by atoms with Crippen LogP contribution in [0.5, 0.6) is 0 Å². The topological polar surface area (TPSA) is 144 Å². The SMILES string of the molecule is Cc1noc(C)c1S(=O)(=O)N1CCCC(C(=O)N(C)C(C)c2cccc(S(N)(=O)=O)c2)C1. The standard InChI is InChI=1S/C20H28N4O6S2/c1-13-19(15(3)30-22-13)32(28,29)24-10-6-8-17(12-24)20(25)23(4)14(2)16-7-5-9-18(11-16)31(21,26)27/h5,7,9,11,14,17H,6,8,10,12H2,1-4H3,(H2,21,26,27). The number of aryl methyl sites for hydroxylation is 2. The van der Waals surface area contributed by atoms with E-state index >= 15 is 0 Å². The molecule has 1 fully saturated rings. The minimum atomic E-state index is -3.87. The average molecular weight is 485 g/mol. The van der Waals surface area contributed by atoms with Crippen molar-refractivity contribution in [3.05, 3.63) is 41.3 Å². The summed E-state index contributed by atoms with van der Waals surface area (Å²) < 4.78 is 55.9.